The van der Waals surface area contributed by atoms with Crippen molar-refractivity contribution >= 4 is 44.0 Å². The van der Waals surface area contributed by atoms with Crippen LogP contribution in [0.15, 0.2) is 18.2 Å². The summed E-state index contributed by atoms with van der Waals surface area (Å²) in [6.07, 6.45) is 0. The van der Waals surface area contributed by atoms with Crippen molar-refractivity contribution in [2.45, 2.75) is 6.92 Å². The van der Waals surface area contributed by atoms with E-state index in [2.05, 4.69) is 5.32 Å². The van der Waals surface area contributed by atoms with Gasteiger partial charge in [-0.05, 0) is 41.6 Å². The number of sulfonamides is 1. The number of benzene rings is 1. The molecule has 1 aromatic carbocycles. The van der Waals surface area contributed by atoms with Crippen LogP contribution in [0.25, 0.3) is 0 Å². The fraction of sp³-hybridized carbons (Fsp3) is 0.500. The van der Waals surface area contributed by atoms with Crippen LogP contribution in [-0.4, -0.2) is 43.0 Å². The Kier molecular flexibility index (Phi) is 5.04. The summed E-state index contributed by atoms with van der Waals surface area (Å²) in [6.45, 7) is 3.09. The first-order valence-corrected chi connectivity index (χ1v) is 9.18. The van der Waals surface area contributed by atoms with Crippen LogP contribution in [0.1, 0.15) is 6.92 Å². The second kappa shape index (κ2) is 6.44. The zero-order chi connectivity index (χ0) is 15.6. The third kappa shape index (κ3) is 3.83. The van der Waals surface area contributed by atoms with Crippen molar-refractivity contribution in [3.8, 4) is 0 Å². The number of nitrogens with zero attached hydrogens (tertiary/aromatic N) is 2. The average molecular weight is 425 g/mol. The zero-order valence-corrected chi connectivity index (χ0v) is 14.4. The highest BCUT2D eigenvalue weighted by molar-refractivity contribution is 14.1. The van der Waals surface area contributed by atoms with Gasteiger partial charge in [0.2, 0.25) is 10.0 Å². The SMILES string of the molecule is CCS(=O)(=O)N1CC(CNc2ccc(I)cc2[N+](=O)[O-])C1. The van der Waals surface area contributed by atoms with Crippen LogP contribution in [0, 0.1) is 19.6 Å². The molecule has 9 heteroatoms. The Morgan fingerprint density at radius 2 is 2.14 bits per heavy atom. The molecule has 0 saturated carbocycles. The van der Waals surface area contributed by atoms with Crippen molar-refractivity contribution < 1.29 is 13.3 Å². The highest BCUT2D eigenvalue weighted by Crippen LogP contribution is 2.27. The van der Waals surface area contributed by atoms with E-state index in [0.29, 0.717) is 25.3 Å². The predicted molar refractivity (Wildman–Crippen MR) is 88.8 cm³/mol. The molecule has 1 N–H and O–H groups in total. The fourth-order valence-electron chi connectivity index (χ4n) is 2.12. The predicted octanol–water partition coefficient (Wildman–Crippen LogP) is 1.89. The summed E-state index contributed by atoms with van der Waals surface area (Å²) in [5.41, 5.74) is 0.511. The first kappa shape index (κ1) is 16.4. The molecular weight excluding hydrogens is 409 g/mol. The summed E-state index contributed by atoms with van der Waals surface area (Å²) in [7, 11) is -3.11. The Hall–Kier alpha value is -0.940. The summed E-state index contributed by atoms with van der Waals surface area (Å²) < 4.78 is 25.4. The highest BCUT2D eigenvalue weighted by Gasteiger charge is 2.34. The molecule has 116 valence electrons. The van der Waals surface area contributed by atoms with E-state index < -0.39 is 14.9 Å². The van der Waals surface area contributed by atoms with Gasteiger partial charge >= 0.3 is 0 Å². The van der Waals surface area contributed by atoms with E-state index in [4.69, 9.17) is 0 Å². The summed E-state index contributed by atoms with van der Waals surface area (Å²) in [5, 5.41) is 14.0. The topological polar surface area (TPSA) is 92.6 Å². The standard InChI is InChI=1S/C12H16IN3O4S/c1-2-21(19,20)15-7-9(8-15)6-14-11-4-3-10(13)5-12(11)16(17)18/h3-5,9,14H,2,6-8H2,1H3. The smallest absolute Gasteiger partial charge is 0.293 e. The number of hydrogen-bond donors (Lipinski definition) is 1. The van der Waals surface area contributed by atoms with E-state index in [1.54, 1.807) is 19.1 Å². The van der Waals surface area contributed by atoms with Gasteiger partial charge in [-0.25, -0.2) is 12.7 Å². The summed E-state index contributed by atoms with van der Waals surface area (Å²) in [4.78, 5) is 10.6. The first-order valence-electron chi connectivity index (χ1n) is 6.49. The zero-order valence-electron chi connectivity index (χ0n) is 11.5. The Bertz CT molecular complexity index is 644. The molecule has 1 aliphatic heterocycles. The number of nitro groups is 1. The lowest BCUT2D eigenvalue weighted by molar-refractivity contribution is -0.384. The monoisotopic (exact) mass is 425 g/mol. The van der Waals surface area contributed by atoms with E-state index in [9.17, 15) is 18.5 Å². The molecule has 0 atom stereocenters. The van der Waals surface area contributed by atoms with Crippen LogP contribution in [0.4, 0.5) is 11.4 Å². The molecule has 1 saturated heterocycles. The maximum absolute atomic E-state index is 11.6. The van der Waals surface area contributed by atoms with E-state index in [1.807, 2.05) is 22.6 Å². The van der Waals surface area contributed by atoms with Crippen molar-refractivity contribution in [3.63, 3.8) is 0 Å². The molecule has 7 nitrogen and oxygen atoms in total. The van der Waals surface area contributed by atoms with Gasteiger partial charge in [0.15, 0.2) is 0 Å². The quantitative estimate of drug-likeness (QED) is 0.427. The van der Waals surface area contributed by atoms with Gasteiger partial charge in [0, 0.05) is 35.2 Å². The third-order valence-electron chi connectivity index (χ3n) is 3.42. The maximum atomic E-state index is 11.6. The number of anilines is 1. The van der Waals surface area contributed by atoms with Crippen molar-refractivity contribution in [2.75, 3.05) is 30.7 Å². The van der Waals surface area contributed by atoms with Crippen LogP contribution >= 0.6 is 22.6 Å². The number of hydrogen-bond acceptors (Lipinski definition) is 5. The van der Waals surface area contributed by atoms with Gasteiger partial charge in [-0.2, -0.15) is 0 Å². The molecule has 1 aromatic rings. The fourth-order valence-corrected chi connectivity index (χ4v) is 3.84. The third-order valence-corrected chi connectivity index (χ3v) is 5.91. The largest absolute Gasteiger partial charge is 0.379 e. The molecule has 21 heavy (non-hydrogen) atoms. The van der Waals surface area contributed by atoms with E-state index in [-0.39, 0.29) is 17.4 Å². The second-order valence-corrected chi connectivity index (χ2v) is 8.39. The van der Waals surface area contributed by atoms with Crippen LogP contribution < -0.4 is 5.32 Å². The molecule has 0 aromatic heterocycles. The molecule has 0 amide bonds. The number of nitro benzene ring substituents is 1. The number of nitrogens with one attached hydrogen (secondary N) is 1. The van der Waals surface area contributed by atoms with Gasteiger partial charge in [0.05, 0.1) is 10.7 Å². The van der Waals surface area contributed by atoms with Gasteiger partial charge < -0.3 is 5.32 Å². The normalized spacial score (nSPS) is 16.5. The van der Waals surface area contributed by atoms with Gasteiger partial charge in [0.25, 0.3) is 5.69 Å². The molecule has 0 radical (unpaired) electrons. The number of rotatable bonds is 6. The minimum atomic E-state index is -3.11. The second-order valence-electron chi connectivity index (χ2n) is 4.88. The molecule has 1 fully saturated rings. The Labute approximate surface area is 137 Å². The average Bonchev–Trinajstić information content (AvgIpc) is 2.37. The number of halogens is 1. The van der Waals surface area contributed by atoms with Crippen molar-refractivity contribution in [1.82, 2.24) is 4.31 Å². The molecule has 1 heterocycles. The van der Waals surface area contributed by atoms with Crippen LogP contribution in [0.3, 0.4) is 0 Å². The van der Waals surface area contributed by atoms with Gasteiger partial charge in [-0.1, -0.05) is 0 Å². The molecule has 1 aliphatic rings. The molecule has 0 aliphatic carbocycles. The van der Waals surface area contributed by atoms with E-state index in [0.717, 1.165) is 3.57 Å². The summed E-state index contributed by atoms with van der Waals surface area (Å²) in [6, 6.07) is 4.99. The highest BCUT2D eigenvalue weighted by atomic mass is 127. The minimum absolute atomic E-state index is 0.0410. The maximum Gasteiger partial charge on any atom is 0.293 e. The first-order chi connectivity index (χ1) is 9.83. The Morgan fingerprint density at radius 3 is 2.71 bits per heavy atom. The van der Waals surface area contributed by atoms with E-state index >= 15 is 0 Å². The van der Waals surface area contributed by atoms with Crippen molar-refractivity contribution in [1.29, 1.82) is 0 Å². The molecule has 2 rings (SSSR count). The summed E-state index contributed by atoms with van der Waals surface area (Å²) >= 11 is 2.03. The molecule has 0 bridgehead atoms. The van der Waals surface area contributed by atoms with Gasteiger partial charge in [0.1, 0.15) is 5.69 Å². The lowest BCUT2D eigenvalue weighted by atomic mass is 10.0. The lowest BCUT2D eigenvalue weighted by Gasteiger charge is -2.38. The van der Waals surface area contributed by atoms with Crippen LogP contribution in [-0.2, 0) is 10.0 Å². The summed E-state index contributed by atoms with van der Waals surface area (Å²) in [5.74, 6) is 0.292. The van der Waals surface area contributed by atoms with Gasteiger partial charge in [-0.3, -0.25) is 10.1 Å². The molecule has 0 spiro atoms. The molecular formula is C12H16IN3O4S. The van der Waals surface area contributed by atoms with Crippen molar-refractivity contribution in [3.05, 3.63) is 31.9 Å². The molecule has 0 unspecified atom stereocenters. The van der Waals surface area contributed by atoms with Crippen LogP contribution in [0.5, 0.6) is 0 Å². The minimum Gasteiger partial charge on any atom is -0.379 e. The van der Waals surface area contributed by atoms with Gasteiger partial charge in [-0.15, -0.1) is 0 Å². The van der Waals surface area contributed by atoms with E-state index in [1.165, 1.54) is 10.4 Å². The lowest BCUT2D eigenvalue weighted by Crippen LogP contribution is -2.52. The van der Waals surface area contributed by atoms with Crippen molar-refractivity contribution in [2.24, 2.45) is 5.92 Å². The van der Waals surface area contributed by atoms with Crippen LogP contribution in [0.2, 0.25) is 0 Å². The Balaban J connectivity index is 1.93. The Morgan fingerprint density at radius 1 is 1.48 bits per heavy atom.